The lowest BCUT2D eigenvalue weighted by Crippen LogP contribution is -2.44. The first-order chi connectivity index (χ1) is 17.9. The number of nitrogens with two attached hydrogens (primary N) is 1. The maximum Gasteiger partial charge on any atom is 0.491 e. The van der Waals surface area contributed by atoms with E-state index in [1.165, 1.54) is 11.8 Å². The number of rotatable bonds is 9. The number of carbonyl (C=O) groups is 4. The van der Waals surface area contributed by atoms with Crippen molar-refractivity contribution < 1.29 is 37.1 Å². The second kappa shape index (κ2) is 12.4. The Morgan fingerprint density at radius 3 is 2.42 bits per heavy atom. The molecule has 12 heteroatoms. The Balaban J connectivity index is 1.90. The van der Waals surface area contributed by atoms with Crippen LogP contribution in [0.5, 0.6) is 0 Å². The number of hydrogen-bond acceptors (Lipinski definition) is 7. The second-order valence-electron chi connectivity index (χ2n) is 9.02. The van der Waals surface area contributed by atoms with Crippen LogP contribution in [0.25, 0.3) is 0 Å². The van der Waals surface area contributed by atoms with Crippen LogP contribution in [0.15, 0.2) is 48.5 Å². The number of halogens is 3. The zero-order valence-electron chi connectivity index (χ0n) is 20.6. The van der Waals surface area contributed by atoms with Gasteiger partial charge in [-0.1, -0.05) is 36.4 Å². The van der Waals surface area contributed by atoms with E-state index in [-0.39, 0.29) is 17.5 Å². The summed E-state index contributed by atoms with van der Waals surface area (Å²) < 4.78 is 41.3. The lowest BCUT2D eigenvalue weighted by molar-refractivity contribution is -0.202. The fourth-order valence-corrected chi connectivity index (χ4v) is 4.28. The summed E-state index contributed by atoms with van der Waals surface area (Å²) in [5, 5.41) is -0.281. The quantitative estimate of drug-likeness (QED) is 0.213. The van der Waals surface area contributed by atoms with Crippen molar-refractivity contribution in [3.05, 3.63) is 65.2 Å². The summed E-state index contributed by atoms with van der Waals surface area (Å²) in [6, 6.07) is 13.3. The molecular formula is C26H28F3N3O5S. The molecule has 38 heavy (non-hydrogen) atoms. The number of esters is 2. The Morgan fingerprint density at radius 2 is 1.79 bits per heavy atom. The van der Waals surface area contributed by atoms with Crippen molar-refractivity contribution in [2.24, 2.45) is 5.73 Å². The van der Waals surface area contributed by atoms with Crippen molar-refractivity contribution in [2.45, 2.75) is 56.7 Å². The third-order valence-electron chi connectivity index (χ3n) is 6.03. The van der Waals surface area contributed by atoms with Gasteiger partial charge in [0.25, 0.3) is 5.91 Å². The van der Waals surface area contributed by atoms with Crippen molar-refractivity contribution in [1.82, 2.24) is 4.90 Å². The molecule has 2 amide bonds. The molecule has 204 valence electrons. The SMILES string of the molecule is CC(CC(=O)OC(=O)C(F)(F)F)N1CC(=O)N(Cc2ccccc2)c2ccc(CCCC(N)S)cc2C1=O. The molecule has 0 radical (unpaired) electrons. The molecule has 2 N–H and O–H groups in total. The number of hydrogen-bond donors (Lipinski definition) is 2. The monoisotopic (exact) mass is 551 g/mol. The van der Waals surface area contributed by atoms with Gasteiger partial charge in [-0.25, -0.2) is 4.79 Å². The highest BCUT2D eigenvalue weighted by Gasteiger charge is 2.43. The Hall–Kier alpha value is -3.38. The minimum atomic E-state index is -5.34. The maximum absolute atomic E-state index is 13.6. The van der Waals surface area contributed by atoms with Gasteiger partial charge >= 0.3 is 18.1 Å². The van der Waals surface area contributed by atoms with Gasteiger partial charge in [0.05, 0.1) is 24.2 Å². The molecule has 2 atom stereocenters. The van der Waals surface area contributed by atoms with Gasteiger partial charge in [-0.05, 0) is 49.4 Å². The predicted octanol–water partition coefficient (Wildman–Crippen LogP) is 3.62. The molecule has 1 aliphatic rings. The van der Waals surface area contributed by atoms with Gasteiger partial charge in [0.1, 0.15) is 6.54 Å². The molecule has 0 saturated heterocycles. The van der Waals surface area contributed by atoms with Crippen LogP contribution in [0, 0.1) is 0 Å². The third-order valence-corrected chi connectivity index (χ3v) is 6.29. The van der Waals surface area contributed by atoms with Crippen LogP contribution in [-0.4, -0.2) is 52.8 Å². The molecule has 0 spiro atoms. The zero-order valence-corrected chi connectivity index (χ0v) is 21.5. The molecule has 1 aliphatic heterocycles. The van der Waals surface area contributed by atoms with Crippen LogP contribution >= 0.6 is 12.6 Å². The Bertz CT molecular complexity index is 1190. The molecule has 1 heterocycles. The number of benzene rings is 2. The van der Waals surface area contributed by atoms with Crippen LogP contribution in [0.4, 0.5) is 18.9 Å². The summed E-state index contributed by atoms with van der Waals surface area (Å²) in [6.07, 6.45) is -4.09. The van der Waals surface area contributed by atoms with Gasteiger partial charge in [0, 0.05) is 11.4 Å². The Labute approximate surface area is 223 Å². The standard InChI is InChI=1S/C26H28F3N3O5S/c1-16(12-23(34)37-25(36)26(27,28)29)31-15-22(33)32(14-18-6-3-2-4-7-18)20-11-10-17(8-5-9-21(30)38)13-19(20)24(31)35/h2-4,6-7,10-11,13,16,21,38H,5,8-9,12,14-15,30H2,1H3. The van der Waals surface area contributed by atoms with E-state index in [0.29, 0.717) is 24.9 Å². The zero-order chi connectivity index (χ0) is 28.0. The minimum Gasteiger partial charge on any atom is -0.386 e. The lowest BCUT2D eigenvalue weighted by Gasteiger charge is -2.27. The number of alkyl halides is 3. The van der Waals surface area contributed by atoms with Crippen molar-refractivity contribution in [1.29, 1.82) is 0 Å². The molecule has 2 aromatic carbocycles. The molecule has 0 aromatic heterocycles. The smallest absolute Gasteiger partial charge is 0.386 e. The first kappa shape index (κ1) is 29.2. The second-order valence-corrected chi connectivity index (χ2v) is 9.69. The summed E-state index contributed by atoms with van der Waals surface area (Å²) >= 11 is 4.17. The van der Waals surface area contributed by atoms with E-state index in [4.69, 9.17) is 5.73 Å². The number of carbonyl (C=O) groups excluding carboxylic acids is 4. The highest BCUT2D eigenvalue weighted by atomic mass is 32.1. The summed E-state index contributed by atoms with van der Waals surface area (Å²) in [6.45, 7) is 1.15. The average molecular weight is 552 g/mol. The van der Waals surface area contributed by atoms with E-state index in [2.05, 4.69) is 17.4 Å². The summed E-state index contributed by atoms with van der Waals surface area (Å²) in [4.78, 5) is 52.6. The predicted molar refractivity (Wildman–Crippen MR) is 136 cm³/mol. The molecule has 2 unspecified atom stereocenters. The van der Waals surface area contributed by atoms with Crippen molar-refractivity contribution >= 4 is 42.1 Å². The lowest BCUT2D eigenvalue weighted by atomic mass is 10.0. The normalized spacial score (nSPS) is 15.5. The van der Waals surface area contributed by atoms with Gasteiger partial charge in [0.15, 0.2) is 0 Å². The van der Waals surface area contributed by atoms with E-state index in [1.54, 1.807) is 12.1 Å². The number of aryl methyl sites for hydroxylation is 1. The number of amides is 2. The van der Waals surface area contributed by atoms with Gasteiger partial charge in [-0.2, -0.15) is 25.8 Å². The van der Waals surface area contributed by atoms with Gasteiger partial charge in [-0.3, -0.25) is 14.4 Å². The van der Waals surface area contributed by atoms with Crippen molar-refractivity contribution in [2.75, 3.05) is 11.4 Å². The largest absolute Gasteiger partial charge is 0.491 e. The van der Waals surface area contributed by atoms with Gasteiger partial charge < -0.3 is 20.3 Å². The average Bonchev–Trinajstić information content (AvgIpc) is 2.94. The topological polar surface area (TPSA) is 110 Å². The summed E-state index contributed by atoms with van der Waals surface area (Å²) in [5.74, 6) is -5.11. The molecule has 3 rings (SSSR count). The van der Waals surface area contributed by atoms with Crippen LogP contribution in [-0.2, 0) is 32.1 Å². The fourth-order valence-electron chi connectivity index (χ4n) is 4.10. The van der Waals surface area contributed by atoms with Crippen molar-refractivity contribution in [3.63, 3.8) is 0 Å². The molecule has 0 aliphatic carbocycles. The number of ether oxygens (including phenoxy) is 1. The van der Waals surface area contributed by atoms with E-state index < -0.39 is 48.9 Å². The van der Waals surface area contributed by atoms with E-state index in [1.807, 2.05) is 36.4 Å². The van der Waals surface area contributed by atoms with E-state index >= 15 is 0 Å². The van der Waals surface area contributed by atoms with Crippen LogP contribution in [0.2, 0.25) is 0 Å². The highest BCUT2D eigenvalue weighted by Crippen LogP contribution is 2.30. The minimum absolute atomic E-state index is 0.179. The van der Waals surface area contributed by atoms with Gasteiger partial charge in [0.2, 0.25) is 5.91 Å². The summed E-state index contributed by atoms with van der Waals surface area (Å²) in [7, 11) is 0. The first-order valence-electron chi connectivity index (χ1n) is 11.9. The van der Waals surface area contributed by atoms with Crippen molar-refractivity contribution in [3.8, 4) is 0 Å². The first-order valence-corrected chi connectivity index (χ1v) is 12.4. The van der Waals surface area contributed by atoms with E-state index in [9.17, 15) is 32.3 Å². The number of fused-ring (bicyclic) bond motifs is 1. The number of anilines is 1. The molecule has 0 fully saturated rings. The molecule has 2 aromatic rings. The maximum atomic E-state index is 13.6. The Morgan fingerprint density at radius 1 is 1.11 bits per heavy atom. The number of thiol groups is 1. The van der Waals surface area contributed by atoms with Crippen LogP contribution in [0.3, 0.4) is 0 Å². The molecule has 0 saturated carbocycles. The molecular weight excluding hydrogens is 523 g/mol. The fraction of sp³-hybridized carbons (Fsp3) is 0.385. The molecule has 0 bridgehead atoms. The third kappa shape index (κ3) is 7.57. The van der Waals surface area contributed by atoms with Gasteiger partial charge in [-0.15, -0.1) is 0 Å². The van der Waals surface area contributed by atoms with Crippen LogP contribution < -0.4 is 10.6 Å². The molecule has 8 nitrogen and oxygen atoms in total. The van der Waals surface area contributed by atoms with E-state index in [0.717, 1.165) is 16.0 Å². The highest BCUT2D eigenvalue weighted by molar-refractivity contribution is 7.80. The Kier molecular flexibility index (Phi) is 9.55. The summed E-state index contributed by atoms with van der Waals surface area (Å²) in [5.41, 5.74) is 7.94. The van der Waals surface area contributed by atoms with Crippen LogP contribution in [0.1, 0.15) is 47.7 Å². The number of nitrogens with zero attached hydrogens (tertiary/aromatic N) is 2.